The number of rotatable bonds is 6. The van der Waals surface area contributed by atoms with E-state index in [0.717, 1.165) is 18.7 Å². The van der Waals surface area contributed by atoms with Gasteiger partial charge in [0.05, 0.1) is 5.69 Å². The molecule has 0 heterocycles. The van der Waals surface area contributed by atoms with E-state index in [1.165, 1.54) is 38.2 Å². The molecule has 0 aliphatic heterocycles. The fourth-order valence-electron chi connectivity index (χ4n) is 3.02. The molecule has 20 heavy (non-hydrogen) atoms. The highest BCUT2D eigenvalue weighted by molar-refractivity contribution is 5.47. The first-order valence-corrected chi connectivity index (χ1v) is 7.85. The summed E-state index contributed by atoms with van der Waals surface area (Å²) >= 11 is 0. The van der Waals surface area contributed by atoms with Gasteiger partial charge in [0.25, 0.3) is 0 Å². The lowest BCUT2D eigenvalue weighted by Gasteiger charge is -2.30. The fraction of sp³-hybridized carbons (Fsp3) is 0.647. The summed E-state index contributed by atoms with van der Waals surface area (Å²) in [6, 6.07) is 5.80. The minimum absolute atomic E-state index is 0.294. The zero-order valence-electron chi connectivity index (χ0n) is 12.7. The summed E-state index contributed by atoms with van der Waals surface area (Å²) in [7, 11) is 0. The van der Waals surface area contributed by atoms with Crippen LogP contribution in [0.15, 0.2) is 18.2 Å². The summed E-state index contributed by atoms with van der Waals surface area (Å²) in [6.45, 7) is 6.37. The Hall–Kier alpha value is -1.09. The molecule has 0 spiro atoms. The van der Waals surface area contributed by atoms with Crippen molar-refractivity contribution in [2.75, 3.05) is 12.3 Å². The van der Waals surface area contributed by atoms with Crippen LogP contribution in [0.5, 0.6) is 0 Å². The molecule has 1 saturated carbocycles. The number of hydrogen-bond acceptors (Lipinski definition) is 2. The van der Waals surface area contributed by atoms with E-state index in [9.17, 15) is 4.39 Å². The number of halogens is 1. The van der Waals surface area contributed by atoms with Gasteiger partial charge in [0, 0.05) is 12.6 Å². The van der Waals surface area contributed by atoms with E-state index in [1.54, 1.807) is 6.07 Å². The summed E-state index contributed by atoms with van der Waals surface area (Å²) < 4.78 is 13.6. The molecule has 0 amide bonds. The average Bonchev–Trinajstić information content (AvgIpc) is 2.93. The maximum atomic E-state index is 13.6. The van der Waals surface area contributed by atoms with Crippen LogP contribution in [0.3, 0.4) is 0 Å². The van der Waals surface area contributed by atoms with E-state index in [4.69, 9.17) is 5.73 Å². The highest BCUT2D eigenvalue weighted by atomic mass is 19.1. The number of nitrogens with zero attached hydrogens (tertiary/aromatic N) is 1. The van der Waals surface area contributed by atoms with Gasteiger partial charge in [-0.1, -0.05) is 38.8 Å². The molecular formula is C17H27FN2. The van der Waals surface area contributed by atoms with Crippen LogP contribution in [0.4, 0.5) is 10.1 Å². The molecule has 1 aromatic carbocycles. The maximum absolute atomic E-state index is 13.6. The van der Waals surface area contributed by atoms with Crippen LogP contribution in [0.25, 0.3) is 0 Å². The van der Waals surface area contributed by atoms with Crippen molar-refractivity contribution < 1.29 is 4.39 Å². The molecule has 0 saturated heterocycles. The molecule has 1 aromatic rings. The molecule has 0 bridgehead atoms. The first-order chi connectivity index (χ1) is 9.58. The summed E-state index contributed by atoms with van der Waals surface area (Å²) in [5.41, 5.74) is 7.13. The second-order valence-corrected chi connectivity index (χ2v) is 6.40. The molecule has 1 fully saturated rings. The van der Waals surface area contributed by atoms with E-state index in [2.05, 4.69) is 18.7 Å². The summed E-state index contributed by atoms with van der Waals surface area (Å²) in [6.07, 6.45) is 6.37. The minimum atomic E-state index is -0.294. The Bertz CT molecular complexity index is 425. The van der Waals surface area contributed by atoms with Gasteiger partial charge < -0.3 is 5.73 Å². The predicted molar refractivity (Wildman–Crippen MR) is 82.9 cm³/mol. The molecule has 0 atom stereocenters. The second-order valence-electron chi connectivity index (χ2n) is 6.40. The van der Waals surface area contributed by atoms with E-state index >= 15 is 0 Å². The van der Waals surface area contributed by atoms with Gasteiger partial charge in [-0.3, -0.25) is 4.90 Å². The molecule has 1 aliphatic rings. The number of hydrogen-bond donors (Lipinski definition) is 1. The van der Waals surface area contributed by atoms with Crippen LogP contribution < -0.4 is 5.73 Å². The minimum Gasteiger partial charge on any atom is -0.396 e. The van der Waals surface area contributed by atoms with Gasteiger partial charge in [-0.2, -0.15) is 0 Å². The van der Waals surface area contributed by atoms with E-state index in [-0.39, 0.29) is 5.82 Å². The van der Waals surface area contributed by atoms with Crippen LogP contribution in [-0.2, 0) is 6.54 Å². The van der Waals surface area contributed by atoms with Crippen molar-refractivity contribution in [3.63, 3.8) is 0 Å². The Morgan fingerprint density at radius 1 is 1.30 bits per heavy atom. The number of para-hydroxylation sites is 1. The third-order valence-electron chi connectivity index (χ3n) is 4.35. The SMILES string of the molecule is CC(C)CCN(Cc1cccc(F)c1N)C1CCCC1. The summed E-state index contributed by atoms with van der Waals surface area (Å²) in [4.78, 5) is 2.51. The lowest BCUT2D eigenvalue weighted by molar-refractivity contribution is 0.179. The van der Waals surface area contributed by atoms with E-state index < -0.39 is 0 Å². The van der Waals surface area contributed by atoms with Crippen LogP contribution in [-0.4, -0.2) is 17.5 Å². The van der Waals surface area contributed by atoms with Crippen LogP contribution in [0, 0.1) is 11.7 Å². The van der Waals surface area contributed by atoms with E-state index in [1.807, 2.05) is 6.07 Å². The van der Waals surface area contributed by atoms with E-state index in [0.29, 0.717) is 17.6 Å². The van der Waals surface area contributed by atoms with Crippen LogP contribution in [0.1, 0.15) is 51.5 Å². The largest absolute Gasteiger partial charge is 0.396 e. The van der Waals surface area contributed by atoms with Gasteiger partial charge in [-0.15, -0.1) is 0 Å². The highest BCUT2D eigenvalue weighted by Crippen LogP contribution is 2.27. The Kier molecular flexibility index (Phi) is 5.41. The van der Waals surface area contributed by atoms with Crippen LogP contribution >= 0.6 is 0 Å². The van der Waals surface area contributed by atoms with Crippen molar-refractivity contribution in [3.05, 3.63) is 29.6 Å². The van der Waals surface area contributed by atoms with Crippen molar-refractivity contribution in [3.8, 4) is 0 Å². The first-order valence-electron chi connectivity index (χ1n) is 7.85. The molecule has 1 aliphatic carbocycles. The van der Waals surface area contributed by atoms with Gasteiger partial charge in [0.1, 0.15) is 5.82 Å². The van der Waals surface area contributed by atoms with Crippen molar-refractivity contribution >= 4 is 5.69 Å². The standard InChI is InChI=1S/C17H27FN2/c1-13(2)10-11-20(15-7-3-4-8-15)12-14-6-5-9-16(18)17(14)19/h5-6,9,13,15H,3-4,7-8,10-12,19H2,1-2H3. The second kappa shape index (κ2) is 7.07. The average molecular weight is 278 g/mol. The molecule has 0 radical (unpaired) electrons. The molecule has 0 aromatic heterocycles. The fourth-order valence-corrected chi connectivity index (χ4v) is 3.02. The molecule has 3 heteroatoms. The van der Waals surface area contributed by atoms with Crippen molar-refractivity contribution in [1.82, 2.24) is 4.90 Å². The zero-order chi connectivity index (χ0) is 14.5. The molecule has 2 nitrogen and oxygen atoms in total. The Morgan fingerprint density at radius 2 is 2.00 bits per heavy atom. The van der Waals surface area contributed by atoms with Gasteiger partial charge in [0.2, 0.25) is 0 Å². The Labute approximate surface area is 122 Å². The van der Waals surface area contributed by atoms with Gasteiger partial charge in [-0.05, 0) is 43.4 Å². The van der Waals surface area contributed by atoms with Gasteiger partial charge >= 0.3 is 0 Å². The Morgan fingerprint density at radius 3 is 2.65 bits per heavy atom. The third-order valence-corrected chi connectivity index (χ3v) is 4.35. The van der Waals surface area contributed by atoms with Crippen LogP contribution in [0.2, 0.25) is 0 Å². The quantitative estimate of drug-likeness (QED) is 0.790. The monoisotopic (exact) mass is 278 g/mol. The summed E-state index contributed by atoms with van der Waals surface area (Å²) in [5, 5.41) is 0. The predicted octanol–water partition coefficient (Wildman–Crippen LogP) is 4.20. The third kappa shape index (κ3) is 3.95. The number of anilines is 1. The van der Waals surface area contributed by atoms with Crippen molar-refractivity contribution in [2.45, 2.75) is 58.5 Å². The molecular weight excluding hydrogens is 251 g/mol. The van der Waals surface area contributed by atoms with Crippen molar-refractivity contribution in [2.24, 2.45) is 5.92 Å². The number of benzene rings is 1. The first kappa shape index (κ1) is 15.3. The number of nitrogen functional groups attached to an aromatic ring is 1. The van der Waals surface area contributed by atoms with Crippen molar-refractivity contribution in [1.29, 1.82) is 0 Å². The molecule has 2 N–H and O–H groups in total. The molecule has 2 rings (SSSR count). The topological polar surface area (TPSA) is 29.3 Å². The molecule has 112 valence electrons. The lowest BCUT2D eigenvalue weighted by Crippen LogP contribution is -2.34. The summed E-state index contributed by atoms with van der Waals surface area (Å²) in [5.74, 6) is 0.404. The maximum Gasteiger partial charge on any atom is 0.146 e. The highest BCUT2D eigenvalue weighted by Gasteiger charge is 2.23. The zero-order valence-corrected chi connectivity index (χ0v) is 12.7. The van der Waals surface area contributed by atoms with Gasteiger partial charge in [0.15, 0.2) is 0 Å². The normalized spacial score (nSPS) is 16.4. The van der Waals surface area contributed by atoms with Gasteiger partial charge in [-0.25, -0.2) is 4.39 Å². The lowest BCUT2D eigenvalue weighted by atomic mass is 10.1. The number of nitrogens with two attached hydrogens (primary N) is 1. The molecule has 0 unspecified atom stereocenters. The smallest absolute Gasteiger partial charge is 0.146 e. The Balaban J connectivity index is 2.07.